The van der Waals surface area contributed by atoms with Crippen LogP contribution >= 0.6 is 8.25 Å². The van der Waals surface area contributed by atoms with Crippen LogP contribution in [0.5, 0.6) is 0 Å². The van der Waals surface area contributed by atoms with E-state index in [9.17, 15) is 13.8 Å². The van der Waals surface area contributed by atoms with E-state index in [1.807, 2.05) is 0 Å². The zero-order valence-corrected chi connectivity index (χ0v) is 15.4. The number of amides is 1. The fourth-order valence-corrected chi connectivity index (χ4v) is 2.66. The monoisotopic (exact) mass is 400 g/mol. The Morgan fingerprint density at radius 2 is 1.93 bits per heavy atom. The van der Waals surface area contributed by atoms with E-state index in [0.29, 0.717) is 16.9 Å². The summed E-state index contributed by atoms with van der Waals surface area (Å²) in [5.41, 5.74) is 2.65. The molecule has 1 atom stereocenters. The third-order valence-corrected chi connectivity index (χ3v) is 4.09. The van der Waals surface area contributed by atoms with Gasteiger partial charge in [0.05, 0.1) is 18.2 Å². The van der Waals surface area contributed by atoms with E-state index in [0.717, 1.165) is 5.69 Å². The van der Waals surface area contributed by atoms with Crippen molar-refractivity contribution in [3.05, 3.63) is 84.2 Å². The summed E-state index contributed by atoms with van der Waals surface area (Å²) in [5, 5.41) is 2.71. The van der Waals surface area contributed by atoms with Crippen LogP contribution in [0.2, 0.25) is 0 Å². The van der Waals surface area contributed by atoms with Gasteiger partial charge in [-0.15, -0.1) is 9.42 Å². The maximum absolute atomic E-state index is 13.1. The number of halogens is 1. The first-order chi connectivity index (χ1) is 13.5. The molecule has 0 aliphatic carbocycles. The number of benzene rings is 2. The Morgan fingerprint density at radius 3 is 2.61 bits per heavy atom. The lowest BCUT2D eigenvalue weighted by atomic mass is 10.2. The first kappa shape index (κ1) is 19.6. The first-order valence-corrected chi connectivity index (χ1v) is 9.29. The minimum atomic E-state index is -2.64. The van der Waals surface area contributed by atoms with Crippen molar-refractivity contribution in [3.63, 3.8) is 0 Å². The topological polar surface area (TPSA) is 93.5 Å². The summed E-state index contributed by atoms with van der Waals surface area (Å²) in [6, 6.07) is 12.6. The molecule has 3 aromatic rings. The molecule has 3 rings (SSSR count). The highest BCUT2D eigenvalue weighted by Crippen LogP contribution is 2.19. The highest BCUT2D eigenvalue weighted by molar-refractivity contribution is 7.32. The molecule has 0 bridgehead atoms. The van der Waals surface area contributed by atoms with Crippen LogP contribution in [-0.2, 0) is 20.5 Å². The van der Waals surface area contributed by atoms with E-state index >= 15 is 0 Å². The van der Waals surface area contributed by atoms with Crippen LogP contribution in [0.3, 0.4) is 0 Å². The molecule has 1 aromatic heterocycles. The SMILES string of the molecule is O=C(/C=C/c1cncn1-c1ccc(F)cc1)Nc1ccc(CO[P+](=O)O)cc1. The van der Waals surface area contributed by atoms with Crippen molar-refractivity contribution in [3.8, 4) is 5.69 Å². The molecule has 2 aromatic carbocycles. The smallest absolute Gasteiger partial charge is 0.323 e. The quantitative estimate of drug-likeness (QED) is 0.464. The zero-order valence-electron chi connectivity index (χ0n) is 14.5. The molecule has 1 unspecified atom stereocenters. The molecule has 0 saturated carbocycles. The number of carbonyl (C=O) groups excluding carboxylic acids is 1. The molecule has 28 heavy (non-hydrogen) atoms. The Balaban J connectivity index is 1.62. The van der Waals surface area contributed by atoms with Gasteiger partial charge in [-0.2, -0.15) is 0 Å². The third kappa shape index (κ3) is 5.40. The average Bonchev–Trinajstić information content (AvgIpc) is 3.15. The summed E-state index contributed by atoms with van der Waals surface area (Å²) < 4.78 is 29.9. The number of hydrogen-bond acceptors (Lipinski definition) is 4. The van der Waals surface area contributed by atoms with Crippen LogP contribution in [0, 0.1) is 5.82 Å². The first-order valence-electron chi connectivity index (χ1n) is 8.16. The molecule has 0 fully saturated rings. The highest BCUT2D eigenvalue weighted by atomic mass is 31.1. The second kappa shape index (κ2) is 9.14. The van der Waals surface area contributed by atoms with Crippen LogP contribution < -0.4 is 5.32 Å². The summed E-state index contributed by atoms with van der Waals surface area (Å²) in [6.45, 7) is 0.00715. The van der Waals surface area contributed by atoms with Crippen LogP contribution in [-0.4, -0.2) is 20.4 Å². The number of carbonyl (C=O) groups is 1. The van der Waals surface area contributed by atoms with E-state index in [-0.39, 0.29) is 18.3 Å². The Morgan fingerprint density at radius 1 is 1.21 bits per heavy atom. The molecule has 7 nitrogen and oxygen atoms in total. The lowest BCUT2D eigenvalue weighted by Crippen LogP contribution is -2.08. The minimum absolute atomic E-state index is 0.00715. The van der Waals surface area contributed by atoms with Gasteiger partial charge in [-0.1, -0.05) is 12.1 Å². The molecule has 9 heteroatoms. The molecular formula is C19H16FN3O4P+. The average molecular weight is 400 g/mol. The van der Waals surface area contributed by atoms with Crippen LogP contribution in [0.15, 0.2) is 67.1 Å². The molecular weight excluding hydrogens is 384 g/mol. The van der Waals surface area contributed by atoms with Crippen molar-refractivity contribution < 1.29 is 23.2 Å². The van der Waals surface area contributed by atoms with E-state index in [4.69, 9.17) is 4.89 Å². The number of nitrogens with one attached hydrogen (secondary N) is 1. The summed E-state index contributed by atoms with van der Waals surface area (Å²) in [4.78, 5) is 24.8. The van der Waals surface area contributed by atoms with Gasteiger partial charge < -0.3 is 5.32 Å². The molecule has 0 aliphatic heterocycles. The van der Waals surface area contributed by atoms with Crippen LogP contribution in [0.25, 0.3) is 11.8 Å². The molecule has 0 radical (unpaired) electrons. The number of imidazole rings is 1. The summed E-state index contributed by atoms with van der Waals surface area (Å²) in [6.07, 6.45) is 6.13. The van der Waals surface area contributed by atoms with Crippen molar-refractivity contribution >= 4 is 25.9 Å². The Kier molecular flexibility index (Phi) is 6.39. The van der Waals surface area contributed by atoms with Crippen molar-refractivity contribution in [1.82, 2.24) is 9.55 Å². The summed E-state index contributed by atoms with van der Waals surface area (Å²) in [7, 11) is -2.64. The van der Waals surface area contributed by atoms with Gasteiger partial charge in [0.2, 0.25) is 5.91 Å². The van der Waals surface area contributed by atoms with Gasteiger partial charge in [0.25, 0.3) is 0 Å². The zero-order chi connectivity index (χ0) is 19.9. The maximum Gasteiger partial charge on any atom is 0.695 e. The Hall–Kier alpha value is -3.19. The fraction of sp³-hybridized carbons (Fsp3) is 0.0526. The van der Waals surface area contributed by atoms with Gasteiger partial charge in [0, 0.05) is 22.0 Å². The normalized spacial score (nSPS) is 11.6. The number of nitrogens with zero attached hydrogens (tertiary/aromatic N) is 2. The lowest BCUT2D eigenvalue weighted by molar-refractivity contribution is -0.111. The summed E-state index contributed by atoms with van der Waals surface area (Å²) >= 11 is 0. The van der Waals surface area contributed by atoms with E-state index in [1.165, 1.54) is 18.2 Å². The largest absolute Gasteiger partial charge is 0.695 e. The second-order valence-electron chi connectivity index (χ2n) is 5.70. The van der Waals surface area contributed by atoms with Gasteiger partial charge in [-0.25, -0.2) is 9.37 Å². The Labute approximate surface area is 161 Å². The predicted molar refractivity (Wildman–Crippen MR) is 102 cm³/mol. The van der Waals surface area contributed by atoms with Gasteiger partial charge in [0.1, 0.15) is 12.4 Å². The van der Waals surface area contributed by atoms with Crippen LogP contribution in [0.4, 0.5) is 10.1 Å². The summed E-state index contributed by atoms with van der Waals surface area (Å²) in [5.74, 6) is -0.669. The van der Waals surface area contributed by atoms with Crippen LogP contribution in [0.1, 0.15) is 11.3 Å². The standard InChI is InChI=1S/C19H15FN3O4P/c20-15-3-7-17(8-4-15)23-13-21-11-18(23)9-10-19(24)22-16-5-1-14(2-6-16)12-27-28(25)26/h1-11,13H,12H2,(H-,22,24,25,26)/p+1/b10-9+. The molecule has 0 saturated heterocycles. The lowest BCUT2D eigenvalue weighted by Gasteiger charge is -2.05. The molecule has 1 amide bonds. The fourth-order valence-electron chi connectivity index (χ4n) is 2.41. The van der Waals surface area contributed by atoms with Crippen molar-refractivity contribution in [2.24, 2.45) is 0 Å². The van der Waals surface area contributed by atoms with Crippen molar-refractivity contribution in [2.45, 2.75) is 6.61 Å². The third-order valence-electron chi connectivity index (χ3n) is 3.74. The van der Waals surface area contributed by atoms with Gasteiger partial charge >= 0.3 is 8.25 Å². The molecule has 2 N–H and O–H groups in total. The highest BCUT2D eigenvalue weighted by Gasteiger charge is 2.11. The second-order valence-corrected chi connectivity index (χ2v) is 6.43. The number of anilines is 1. The minimum Gasteiger partial charge on any atom is -0.323 e. The molecule has 1 heterocycles. The van der Waals surface area contributed by atoms with Gasteiger partial charge in [-0.3, -0.25) is 9.36 Å². The number of aromatic nitrogens is 2. The van der Waals surface area contributed by atoms with E-state index < -0.39 is 8.25 Å². The maximum atomic E-state index is 13.1. The van der Waals surface area contributed by atoms with E-state index in [2.05, 4.69) is 14.8 Å². The van der Waals surface area contributed by atoms with Crippen molar-refractivity contribution in [2.75, 3.05) is 5.32 Å². The van der Waals surface area contributed by atoms with E-state index in [1.54, 1.807) is 59.6 Å². The molecule has 0 aliphatic rings. The molecule has 142 valence electrons. The Bertz CT molecular complexity index is 1000. The predicted octanol–water partition coefficient (Wildman–Crippen LogP) is 3.83. The number of rotatable bonds is 7. The van der Waals surface area contributed by atoms with Gasteiger partial charge in [-0.05, 0) is 48.0 Å². The van der Waals surface area contributed by atoms with Gasteiger partial charge in [0.15, 0.2) is 0 Å². The molecule has 0 spiro atoms. The number of hydrogen-bond donors (Lipinski definition) is 2. The van der Waals surface area contributed by atoms with Crippen molar-refractivity contribution in [1.29, 1.82) is 0 Å².